The number of alkyl halides is 3. The Morgan fingerprint density at radius 3 is 2.64 bits per heavy atom. The lowest BCUT2D eigenvalue weighted by Gasteiger charge is -2.13. The Labute approximate surface area is 79.9 Å². The third-order valence-electron chi connectivity index (χ3n) is 1.83. The maximum Gasteiger partial charge on any atom is 0.401 e. The Kier molecular flexibility index (Phi) is 3.15. The first-order valence-corrected chi connectivity index (χ1v) is 4.17. The molecule has 80 valence electrons. The van der Waals surface area contributed by atoms with Gasteiger partial charge < -0.3 is 5.32 Å². The van der Waals surface area contributed by atoms with E-state index >= 15 is 0 Å². The van der Waals surface area contributed by atoms with E-state index in [2.05, 4.69) is 10.4 Å². The van der Waals surface area contributed by atoms with Crippen LogP contribution in [0.25, 0.3) is 0 Å². The van der Waals surface area contributed by atoms with Crippen LogP contribution < -0.4 is 5.32 Å². The number of nitrogens with zero attached hydrogens (tertiary/aromatic N) is 2. The second-order valence-corrected chi connectivity index (χ2v) is 3.17. The molecule has 0 saturated carbocycles. The summed E-state index contributed by atoms with van der Waals surface area (Å²) in [6.45, 7) is 0.686. The molecule has 0 amide bonds. The number of aromatic nitrogens is 2. The van der Waals surface area contributed by atoms with Crippen LogP contribution in [0, 0.1) is 0 Å². The van der Waals surface area contributed by atoms with Gasteiger partial charge in [-0.05, 0) is 6.92 Å². The molecule has 1 heterocycles. The highest BCUT2D eigenvalue weighted by molar-refractivity contribution is 5.08. The first-order valence-electron chi connectivity index (χ1n) is 4.17. The average molecular weight is 207 g/mol. The van der Waals surface area contributed by atoms with E-state index in [-0.39, 0.29) is 6.04 Å². The van der Waals surface area contributed by atoms with Crippen molar-refractivity contribution in [3.8, 4) is 0 Å². The molecular weight excluding hydrogens is 195 g/mol. The third-order valence-corrected chi connectivity index (χ3v) is 1.83. The summed E-state index contributed by atoms with van der Waals surface area (Å²) in [5, 5.41) is 6.25. The van der Waals surface area contributed by atoms with E-state index in [1.807, 2.05) is 0 Å². The first-order chi connectivity index (χ1) is 6.38. The van der Waals surface area contributed by atoms with Gasteiger partial charge in [0.15, 0.2) is 0 Å². The summed E-state index contributed by atoms with van der Waals surface area (Å²) < 4.78 is 37.1. The SMILES string of the molecule is CC(NCC(F)(F)F)c1cnn(C)c1. The highest BCUT2D eigenvalue weighted by atomic mass is 19.4. The molecule has 1 aromatic heterocycles. The van der Waals surface area contributed by atoms with E-state index < -0.39 is 12.7 Å². The number of hydrogen-bond donors (Lipinski definition) is 1. The maximum atomic E-state index is 11.9. The van der Waals surface area contributed by atoms with Crippen LogP contribution in [0.2, 0.25) is 0 Å². The second-order valence-electron chi connectivity index (χ2n) is 3.17. The molecule has 0 saturated heterocycles. The van der Waals surface area contributed by atoms with Crippen molar-refractivity contribution < 1.29 is 13.2 Å². The number of hydrogen-bond acceptors (Lipinski definition) is 2. The molecule has 3 nitrogen and oxygen atoms in total. The van der Waals surface area contributed by atoms with Gasteiger partial charge in [-0.1, -0.05) is 0 Å². The van der Waals surface area contributed by atoms with E-state index in [4.69, 9.17) is 0 Å². The number of nitrogens with one attached hydrogen (secondary N) is 1. The minimum Gasteiger partial charge on any atom is -0.302 e. The number of aryl methyl sites for hydroxylation is 1. The van der Waals surface area contributed by atoms with Crippen LogP contribution in [0.3, 0.4) is 0 Å². The number of rotatable bonds is 3. The third kappa shape index (κ3) is 3.37. The molecule has 6 heteroatoms. The van der Waals surface area contributed by atoms with E-state index in [0.29, 0.717) is 0 Å². The smallest absolute Gasteiger partial charge is 0.302 e. The quantitative estimate of drug-likeness (QED) is 0.816. The van der Waals surface area contributed by atoms with Crippen molar-refractivity contribution in [1.29, 1.82) is 0 Å². The zero-order valence-electron chi connectivity index (χ0n) is 7.97. The van der Waals surface area contributed by atoms with Crippen LogP contribution >= 0.6 is 0 Å². The summed E-state index contributed by atoms with van der Waals surface area (Å²) >= 11 is 0. The summed E-state index contributed by atoms with van der Waals surface area (Å²) in [4.78, 5) is 0. The minimum absolute atomic E-state index is 0.342. The van der Waals surface area contributed by atoms with Gasteiger partial charge in [0.25, 0.3) is 0 Å². The zero-order chi connectivity index (χ0) is 10.8. The Morgan fingerprint density at radius 2 is 2.21 bits per heavy atom. The van der Waals surface area contributed by atoms with Crippen LogP contribution in [0.5, 0.6) is 0 Å². The van der Waals surface area contributed by atoms with Crippen LogP contribution in [0.4, 0.5) is 13.2 Å². The molecule has 14 heavy (non-hydrogen) atoms. The summed E-state index contributed by atoms with van der Waals surface area (Å²) in [5.74, 6) is 0. The lowest BCUT2D eigenvalue weighted by molar-refractivity contribution is -0.126. The molecule has 0 aliphatic rings. The molecule has 0 radical (unpaired) electrons. The lowest BCUT2D eigenvalue weighted by Crippen LogP contribution is -2.30. The molecule has 1 unspecified atom stereocenters. The normalized spacial score (nSPS) is 14.4. The van der Waals surface area contributed by atoms with Gasteiger partial charge in [-0.15, -0.1) is 0 Å². The van der Waals surface area contributed by atoms with Gasteiger partial charge in [0.2, 0.25) is 0 Å². The highest BCUT2D eigenvalue weighted by Crippen LogP contribution is 2.16. The van der Waals surface area contributed by atoms with Crippen LogP contribution in [0.15, 0.2) is 12.4 Å². The Balaban J connectivity index is 2.47. The Morgan fingerprint density at radius 1 is 1.57 bits per heavy atom. The summed E-state index contributed by atoms with van der Waals surface area (Å²) in [5.41, 5.74) is 0.747. The molecule has 0 bridgehead atoms. The molecule has 0 aromatic carbocycles. The molecule has 0 aliphatic heterocycles. The van der Waals surface area contributed by atoms with Crippen LogP contribution in [-0.2, 0) is 7.05 Å². The topological polar surface area (TPSA) is 29.9 Å². The molecule has 1 N–H and O–H groups in total. The minimum atomic E-state index is -4.17. The fraction of sp³-hybridized carbons (Fsp3) is 0.625. The summed E-state index contributed by atoms with van der Waals surface area (Å²) in [6, 6.07) is -0.342. The first kappa shape index (κ1) is 11.0. The Hall–Kier alpha value is -1.04. The Bertz CT molecular complexity index is 292. The zero-order valence-corrected chi connectivity index (χ0v) is 7.97. The van der Waals surface area contributed by atoms with E-state index in [1.54, 1.807) is 31.0 Å². The maximum absolute atomic E-state index is 11.9. The van der Waals surface area contributed by atoms with Crippen LogP contribution in [0.1, 0.15) is 18.5 Å². The standard InChI is InChI=1S/C8H12F3N3/c1-6(12-5-8(9,10)11)7-3-13-14(2)4-7/h3-4,6,12H,5H2,1-2H3. The van der Waals surface area contributed by atoms with Crippen molar-refractivity contribution in [2.24, 2.45) is 7.05 Å². The van der Waals surface area contributed by atoms with Crippen molar-refractivity contribution in [3.05, 3.63) is 18.0 Å². The van der Waals surface area contributed by atoms with Gasteiger partial charge >= 0.3 is 6.18 Å². The predicted molar refractivity (Wildman–Crippen MR) is 45.7 cm³/mol. The summed E-state index contributed by atoms with van der Waals surface area (Å²) in [6.07, 6.45) is -0.932. The molecule has 1 aromatic rings. The van der Waals surface area contributed by atoms with Crippen molar-refractivity contribution in [1.82, 2.24) is 15.1 Å². The van der Waals surface area contributed by atoms with Gasteiger partial charge in [0.05, 0.1) is 12.7 Å². The van der Waals surface area contributed by atoms with Crippen molar-refractivity contribution in [2.75, 3.05) is 6.54 Å². The van der Waals surface area contributed by atoms with Crippen molar-refractivity contribution in [2.45, 2.75) is 19.1 Å². The van der Waals surface area contributed by atoms with Gasteiger partial charge in [0, 0.05) is 24.8 Å². The van der Waals surface area contributed by atoms with Crippen molar-refractivity contribution >= 4 is 0 Å². The largest absolute Gasteiger partial charge is 0.401 e. The second kappa shape index (κ2) is 4.00. The van der Waals surface area contributed by atoms with Crippen LogP contribution in [-0.4, -0.2) is 22.5 Å². The van der Waals surface area contributed by atoms with Gasteiger partial charge in [-0.3, -0.25) is 4.68 Å². The van der Waals surface area contributed by atoms with Gasteiger partial charge in [-0.2, -0.15) is 18.3 Å². The average Bonchev–Trinajstić information content (AvgIpc) is 2.46. The molecule has 1 rings (SSSR count). The molecule has 0 fully saturated rings. The van der Waals surface area contributed by atoms with E-state index in [1.165, 1.54) is 0 Å². The molecular formula is C8H12F3N3. The fourth-order valence-electron chi connectivity index (χ4n) is 1.05. The van der Waals surface area contributed by atoms with E-state index in [0.717, 1.165) is 5.56 Å². The molecule has 1 atom stereocenters. The monoisotopic (exact) mass is 207 g/mol. The van der Waals surface area contributed by atoms with E-state index in [9.17, 15) is 13.2 Å². The van der Waals surface area contributed by atoms with Crippen molar-refractivity contribution in [3.63, 3.8) is 0 Å². The summed E-state index contributed by atoms with van der Waals surface area (Å²) in [7, 11) is 1.72. The predicted octanol–water partition coefficient (Wildman–Crippen LogP) is 1.63. The molecule has 0 spiro atoms. The number of halogens is 3. The lowest BCUT2D eigenvalue weighted by atomic mass is 10.2. The van der Waals surface area contributed by atoms with Gasteiger partial charge in [0.1, 0.15) is 0 Å². The fourth-order valence-corrected chi connectivity index (χ4v) is 1.05. The molecule has 0 aliphatic carbocycles. The van der Waals surface area contributed by atoms with Gasteiger partial charge in [-0.25, -0.2) is 0 Å². The highest BCUT2D eigenvalue weighted by Gasteiger charge is 2.27.